The minimum absolute atomic E-state index is 0.0504. The van der Waals surface area contributed by atoms with Gasteiger partial charge in [-0.15, -0.1) is 0 Å². The van der Waals surface area contributed by atoms with Crippen molar-refractivity contribution >= 4 is 17.7 Å². The standard InChI is InChI=1S/C13H14N2O5/c1-20-13(17)14-12(16)7-9-6-11(9)8-2-4-10(5-3-8)15(18)19/h2-5,9,11H,6-7H2,1H3,(H,14,16,17). The van der Waals surface area contributed by atoms with Gasteiger partial charge in [-0.3, -0.25) is 20.2 Å². The van der Waals surface area contributed by atoms with Crippen LogP contribution in [0.1, 0.15) is 24.3 Å². The van der Waals surface area contributed by atoms with Gasteiger partial charge in [0.15, 0.2) is 0 Å². The number of ether oxygens (including phenoxy) is 1. The number of hydrogen-bond donors (Lipinski definition) is 1. The molecule has 2 unspecified atom stereocenters. The number of imide groups is 1. The molecule has 1 aromatic carbocycles. The first kappa shape index (κ1) is 14.0. The molecular formula is C13H14N2O5. The van der Waals surface area contributed by atoms with Gasteiger partial charge >= 0.3 is 6.09 Å². The summed E-state index contributed by atoms with van der Waals surface area (Å²) in [5.41, 5.74) is 1.03. The third kappa shape index (κ3) is 3.31. The van der Waals surface area contributed by atoms with Crippen molar-refractivity contribution < 1.29 is 19.2 Å². The fourth-order valence-corrected chi connectivity index (χ4v) is 2.18. The number of methoxy groups -OCH3 is 1. The van der Waals surface area contributed by atoms with E-state index in [2.05, 4.69) is 10.1 Å². The molecule has 2 atom stereocenters. The van der Waals surface area contributed by atoms with E-state index in [9.17, 15) is 19.7 Å². The van der Waals surface area contributed by atoms with Gasteiger partial charge in [-0.25, -0.2) is 4.79 Å². The van der Waals surface area contributed by atoms with Crippen molar-refractivity contribution in [3.05, 3.63) is 39.9 Å². The molecule has 0 aromatic heterocycles. The van der Waals surface area contributed by atoms with Crippen molar-refractivity contribution in [2.24, 2.45) is 5.92 Å². The number of amides is 2. The van der Waals surface area contributed by atoms with Crippen molar-refractivity contribution in [1.29, 1.82) is 0 Å². The van der Waals surface area contributed by atoms with E-state index in [0.717, 1.165) is 12.0 Å². The summed E-state index contributed by atoms with van der Waals surface area (Å²) in [5.74, 6) is 0.0200. The molecule has 0 heterocycles. The van der Waals surface area contributed by atoms with Crippen LogP contribution in [0.15, 0.2) is 24.3 Å². The first-order valence-corrected chi connectivity index (χ1v) is 6.13. The van der Waals surface area contributed by atoms with Crippen molar-refractivity contribution in [2.45, 2.75) is 18.8 Å². The molecule has 1 aliphatic carbocycles. The molecule has 0 bridgehead atoms. The minimum Gasteiger partial charge on any atom is -0.453 e. The summed E-state index contributed by atoms with van der Waals surface area (Å²) >= 11 is 0. The van der Waals surface area contributed by atoms with Crippen molar-refractivity contribution in [2.75, 3.05) is 7.11 Å². The zero-order chi connectivity index (χ0) is 14.7. The smallest absolute Gasteiger partial charge is 0.413 e. The van der Waals surface area contributed by atoms with Crippen LogP contribution in [-0.4, -0.2) is 24.0 Å². The van der Waals surface area contributed by atoms with Crippen LogP contribution in [0, 0.1) is 16.0 Å². The Hall–Kier alpha value is -2.44. The van der Waals surface area contributed by atoms with Gasteiger partial charge in [0.1, 0.15) is 0 Å². The van der Waals surface area contributed by atoms with Crippen LogP contribution in [0.5, 0.6) is 0 Å². The van der Waals surface area contributed by atoms with E-state index in [-0.39, 0.29) is 29.9 Å². The van der Waals surface area contributed by atoms with E-state index < -0.39 is 11.0 Å². The van der Waals surface area contributed by atoms with E-state index in [0.29, 0.717) is 0 Å². The van der Waals surface area contributed by atoms with Crippen molar-refractivity contribution in [3.8, 4) is 0 Å². The highest BCUT2D eigenvalue weighted by Gasteiger charge is 2.39. The maximum absolute atomic E-state index is 11.5. The highest BCUT2D eigenvalue weighted by Crippen LogP contribution is 2.49. The van der Waals surface area contributed by atoms with E-state index in [4.69, 9.17) is 0 Å². The van der Waals surface area contributed by atoms with Gasteiger partial charge in [-0.05, 0) is 23.8 Å². The molecule has 106 valence electrons. The number of nitro benzene ring substituents is 1. The molecule has 0 aliphatic heterocycles. The van der Waals surface area contributed by atoms with Gasteiger partial charge in [0.05, 0.1) is 12.0 Å². The molecule has 1 fully saturated rings. The Balaban J connectivity index is 1.87. The fraction of sp³-hybridized carbons (Fsp3) is 0.385. The lowest BCUT2D eigenvalue weighted by atomic mass is 10.1. The average molecular weight is 278 g/mol. The molecule has 0 radical (unpaired) electrons. The number of nitrogens with zero attached hydrogens (tertiary/aromatic N) is 1. The van der Waals surface area contributed by atoms with E-state index in [1.807, 2.05) is 0 Å². The quantitative estimate of drug-likeness (QED) is 0.670. The molecule has 7 nitrogen and oxygen atoms in total. The Bertz CT molecular complexity index is 540. The first-order valence-electron chi connectivity index (χ1n) is 6.13. The Morgan fingerprint density at radius 1 is 1.40 bits per heavy atom. The number of rotatable bonds is 4. The monoisotopic (exact) mass is 278 g/mol. The third-order valence-electron chi connectivity index (χ3n) is 3.33. The molecule has 2 rings (SSSR count). The Morgan fingerprint density at radius 2 is 2.05 bits per heavy atom. The van der Waals surface area contributed by atoms with Gasteiger partial charge in [0.2, 0.25) is 5.91 Å². The van der Waals surface area contributed by atoms with E-state index >= 15 is 0 Å². The normalized spacial score (nSPS) is 20.1. The Labute approximate surface area is 115 Å². The summed E-state index contributed by atoms with van der Waals surface area (Å²) in [6.45, 7) is 0. The second kappa shape index (κ2) is 5.68. The molecule has 0 saturated heterocycles. The third-order valence-corrected chi connectivity index (χ3v) is 3.33. The maximum Gasteiger partial charge on any atom is 0.413 e. The summed E-state index contributed by atoms with van der Waals surface area (Å²) in [4.78, 5) is 32.4. The van der Waals surface area contributed by atoms with E-state index in [1.54, 1.807) is 12.1 Å². The molecule has 1 aromatic rings. The number of non-ortho nitro benzene ring substituents is 1. The number of nitro groups is 1. The lowest BCUT2D eigenvalue weighted by Crippen LogP contribution is -2.30. The molecule has 7 heteroatoms. The van der Waals surface area contributed by atoms with Gasteiger partial charge in [0.25, 0.3) is 5.69 Å². The zero-order valence-corrected chi connectivity index (χ0v) is 10.9. The van der Waals surface area contributed by atoms with Gasteiger partial charge in [-0.1, -0.05) is 12.1 Å². The maximum atomic E-state index is 11.5. The van der Waals surface area contributed by atoms with Crippen LogP contribution in [0.4, 0.5) is 10.5 Å². The van der Waals surface area contributed by atoms with Gasteiger partial charge < -0.3 is 4.74 Å². The van der Waals surface area contributed by atoms with Crippen LogP contribution in [0.25, 0.3) is 0 Å². The molecular weight excluding hydrogens is 264 g/mol. The van der Waals surface area contributed by atoms with E-state index in [1.165, 1.54) is 19.2 Å². The van der Waals surface area contributed by atoms with Crippen LogP contribution >= 0.6 is 0 Å². The largest absolute Gasteiger partial charge is 0.453 e. The summed E-state index contributed by atoms with van der Waals surface area (Å²) in [6, 6.07) is 6.33. The predicted octanol–water partition coefficient (Wildman–Crippen LogP) is 1.97. The average Bonchev–Trinajstić information content (AvgIpc) is 3.17. The van der Waals surface area contributed by atoms with Crippen LogP contribution in [0.3, 0.4) is 0 Å². The van der Waals surface area contributed by atoms with Crippen molar-refractivity contribution in [1.82, 2.24) is 5.32 Å². The highest BCUT2D eigenvalue weighted by atomic mass is 16.6. The second-order valence-corrected chi connectivity index (χ2v) is 4.69. The number of carbonyl (C=O) groups excluding carboxylic acids is 2. The second-order valence-electron chi connectivity index (χ2n) is 4.69. The number of carbonyl (C=O) groups is 2. The molecule has 1 saturated carbocycles. The van der Waals surface area contributed by atoms with Crippen LogP contribution in [-0.2, 0) is 9.53 Å². The molecule has 20 heavy (non-hydrogen) atoms. The predicted molar refractivity (Wildman–Crippen MR) is 69.1 cm³/mol. The molecule has 1 N–H and O–H groups in total. The lowest BCUT2D eigenvalue weighted by Gasteiger charge is -2.02. The Morgan fingerprint density at radius 3 is 2.60 bits per heavy atom. The van der Waals surface area contributed by atoms with Crippen LogP contribution in [0.2, 0.25) is 0 Å². The fourth-order valence-electron chi connectivity index (χ4n) is 2.18. The van der Waals surface area contributed by atoms with Gasteiger partial charge in [0, 0.05) is 18.6 Å². The number of alkyl carbamates (subject to hydrolysis) is 1. The zero-order valence-electron chi connectivity index (χ0n) is 10.9. The minimum atomic E-state index is -0.762. The summed E-state index contributed by atoms with van der Waals surface area (Å²) in [7, 11) is 1.19. The Kier molecular flexibility index (Phi) is 3.97. The molecule has 2 amide bonds. The molecule has 1 aliphatic rings. The number of benzene rings is 1. The van der Waals surface area contributed by atoms with Crippen molar-refractivity contribution in [3.63, 3.8) is 0 Å². The topological polar surface area (TPSA) is 98.5 Å². The first-order chi connectivity index (χ1) is 9.51. The number of hydrogen-bond acceptors (Lipinski definition) is 5. The molecule has 0 spiro atoms. The highest BCUT2D eigenvalue weighted by molar-refractivity contribution is 5.91. The summed E-state index contributed by atoms with van der Waals surface area (Å²) in [6.07, 6.45) is 0.325. The number of nitrogens with one attached hydrogen (secondary N) is 1. The van der Waals surface area contributed by atoms with Crippen LogP contribution < -0.4 is 5.32 Å². The lowest BCUT2D eigenvalue weighted by molar-refractivity contribution is -0.384. The SMILES string of the molecule is COC(=O)NC(=O)CC1CC1c1ccc([N+](=O)[O-])cc1. The van der Waals surface area contributed by atoms with Gasteiger partial charge in [-0.2, -0.15) is 0 Å². The summed E-state index contributed by atoms with van der Waals surface area (Å²) < 4.78 is 4.34. The summed E-state index contributed by atoms with van der Waals surface area (Å²) in [5, 5.41) is 12.7.